The highest BCUT2D eigenvalue weighted by molar-refractivity contribution is 7.21. The molecule has 0 aliphatic rings. The fraction of sp³-hybridized carbons (Fsp3) is 0. The summed E-state index contributed by atoms with van der Waals surface area (Å²) in [7, 11) is 0. The molecule has 0 radical (unpaired) electrons. The van der Waals surface area contributed by atoms with Gasteiger partial charge < -0.3 is 8.83 Å². The van der Waals surface area contributed by atoms with E-state index in [4.69, 9.17) is 33.8 Å². The first-order valence-corrected chi connectivity index (χ1v) is 16.6. The number of fused-ring (bicyclic) bond motifs is 5. The van der Waals surface area contributed by atoms with Gasteiger partial charge in [0.15, 0.2) is 23.1 Å². The number of aromatic nitrogens is 5. The Labute approximate surface area is 283 Å². The van der Waals surface area contributed by atoms with Crippen molar-refractivity contribution >= 4 is 54.6 Å². The summed E-state index contributed by atoms with van der Waals surface area (Å²) in [6.45, 7) is 0. The van der Waals surface area contributed by atoms with Crippen molar-refractivity contribution < 1.29 is 8.83 Å². The monoisotopic (exact) mass is 649 g/mol. The van der Waals surface area contributed by atoms with Gasteiger partial charge in [-0.2, -0.15) is 0 Å². The predicted molar refractivity (Wildman–Crippen MR) is 195 cm³/mol. The van der Waals surface area contributed by atoms with Gasteiger partial charge >= 0.3 is 0 Å². The molecule has 0 saturated heterocycles. The summed E-state index contributed by atoms with van der Waals surface area (Å²) in [5, 5.41) is 2.82. The van der Waals surface area contributed by atoms with Gasteiger partial charge in [0, 0.05) is 38.6 Å². The quantitative estimate of drug-likeness (QED) is 0.183. The van der Waals surface area contributed by atoms with Crippen molar-refractivity contribution in [3.8, 4) is 56.2 Å². The van der Waals surface area contributed by atoms with E-state index < -0.39 is 0 Å². The van der Waals surface area contributed by atoms with Crippen molar-refractivity contribution in [3.05, 3.63) is 140 Å². The van der Waals surface area contributed by atoms with Crippen molar-refractivity contribution in [1.29, 1.82) is 0 Å². The van der Waals surface area contributed by atoms with Crippen molar-refractivity contribution in [2.24, 2.45) is 0 Å². The van der Waals surface area contributed by atoms with Gasteiger partial charge in [-0.15, -0.1) is 11.3 Å². The Bertz CT molecular complexity index is 2770. The second-order valence-corrected chi connectivity index (χ2v) is 12.7. The first kappa shape index (κ1) is 27.6. The lowest BCUT2D eigenvalue weighted by atomic mass is 10.0. The topological polar surface area (TPSA) is 90.7 Å². The van der Waals surface area contributed by atoms with Gasteiger partial charge in [-0.05, 0) is 48.5 Å². The molecule has 0 saturated carbocycles. The van der Waals surface area contributed by atoms with Gasteiger partial charge in [0.2, 0.25) is 5.89 Å². The first-order valence-electron chi connectivity index (χ1n) is 15.8. The minimum atomic E-state index is 0.554. The standard InChI is InChI=1S/C41H23N5O2S/c1-2-9-24(10-3-1)37-44-38(25-17-19-26(20-18-25)41-43-31-13-5-7-16-35(31)49-41)46-39(45-37)28-11-8-15-34-36(28)29-23-27(21-22-32(29)47-34)40-42-30-12-4-6-14-33(30)48-40/h1-23H. The molecule has 0 aliphatic carbocycles. The Morgan fingerprint density at radius 2 is 1.10 bits per heavy atom. The van der Waals surface area contributed by atoms with Crippen LogP contribution < -0.4 is 0 Å². The average Bonchev–Trinajstić information content (AvgIpc) is 3.90. The molecule has 0 atom stereocenters. The number of para-hydroxylation sites is 3. The van der Waals surface area contributed by atoms with E-state index in [1.54, 1.807) is 11.3 Å². The van der Waals surface area contributed by atoms with Crippen LogP contribution in [0.1, 0.15) is 0 Å². The van der Waals surface area contributed by atoms with Crippen LogP contribution in [0.2, 0.25) is 0 Å². The van der Waals surface area contributed by atoms with Gasteiger partial charge in [0.25, 0.3) is 0 Å². The molecular weight excluding hydrogens is 627 g/mol. The number of furan rings is 1. The van der Waals surface area contributed by atoms with Crippen LogP contribution in [0.5, 0.6) is 0 Å². The molecule has 8 heteroatoms. The molecule has 0 aliphatic heterocycles. The molecule has 0 bridgehead atoms. The maximum atomic E-state index is 6.34. The van der Waals surface area contributed by atoms with E-state index in [1.807, 2.05) is 103 Å². The molecular formula is C41H23N5O2S. The van der Waals surface area contributed by atoms with Gasteiger partial charge in [-0.1, -0.05) is 91.0 Å². The molecule has 0 amide bonds. The zero-order chi connectivity index (χ0) is 32.3. The Hall–Kier alpha value is -6.51. The van der Waals surface area contributed by atoms with Crippen molar-refractivity contribution in [3.63, 3.8) is 0 Å². The molecule has 0 unspecified atom stereocenters. The Morgan fingerprint density at radius 3 is 1.92 bits per heavy atom. The Kier molecular flexibility index (Phi) is 6.22. The highest BCUT2D eigenvalue weighted by Crippen LogP contribution is 2.39. The normalized spacial score (nSPS) is 11.7. The zero-order valence-corrected chi connectivity index (χ0v) is 26.6. The van der Waals surface area contributed by atoms with E-state index in [-0.39, 0.29) is 0 Å². The predicted octanol–water partition coefficient (Wildman–Crippen LogP) is 10.9. The van der Waals surface area contributed by atoms with Crippen LogP contribution in [-0.2, 0) is 0 Å². The summed E-state index contributed by atoms with van der Waals surface area (Å²) in [4.78, 5) is 24.6. The molecule has 49 heavy (non-hydrogen) atoms. The van der Waals surface area contributed by atoms with Crippen LogP contribution in [0.3, 0.4) is 0 Å². The third-order valence-electron chi connectivity index (χ3n) is 8.63. The van der Waals surface area contributed by atoms with Gasteiger partial charge in [-0.3, -0.25) is 0 Å². The minimum absolute atomic E-state index is 0.554. The third kappa shape index (κ3) is 4.77. The van der Waals surface area contributed by atoms with Crippen LogP contribution in [0.15, 0.2) is 148 Å². The lowest BCUT2D eigenvalue weighted by Gasteiger charge is -2.09. The van der Waals surface area contributed by atoms with E-state index in [1.165, 1.54) is 0 Å². The van der Waals surface area contributed by atoms with Crippen LogP contribution in [0.25, 0.3) is 99.4 Å². The average molecular weight is 650 g/mol. The summed E-state index contributed by atoms with van der Waals surface area (Å²) in [5.74, 6) is 2.28. The fourth-order valence-corrected chi connectivity index (χ4v) is 7.21. The van der Waals surface area contributed by atoms with Crippen LogP contribution >= 0.6 is 11.3 Å². The van der Waals surface area contributed by atoms with Crippen molar-refractivity contribution in [1.82, 2.24) is 24.9 Å². The second kappa shape index (κ2) is 11.0. The molecule has 10 rings (SSSR count). The largest absolute Gasteiger partial charge is 0.456 e. The Balaban J connectivity index is 1.12. The molecule has 230 valence electrons. The van der Waals surface area contributed by atoms with E-state index in [9.17, 15) is 0 Å². The number of oxazole rings is 1. The summed E-state index contributed by atoms with van der Waals surface area (Å²) in [6, 6.07) is 46.2. The maximum absolute atomic E-state index is 6.34. The molecule has 4 heterocycles. The van der Waals surface area contributed by atoms with E-state index in [0.717, 1.165) is 76.1 Å². The number of thiazole rings is 1. The molecule has 0 N–H and O–H groups in total. The van der Waals surface area contributed by atoms with E-state index in [2.05, 4.69) is 36.4 Å². The lowest BCUT2D eigenvalue weighted by Crippen LogP contribution is -2.00. The molecule has 4 aromatic heterocycles. The molecule has 0 fully saturated rings. The number of benzene rings is 6. The zero-order valence-electron chi connectivity index (χ0n) is 25.7. The molecule has 10 aromatic rings. The number of rotatable bonds is 5. The van der Waals surface area contributed by atoms with E-state index in [0.29, 0.717) is 23.4 Å². The second-order valence-electron chi connectivity index (χ2n) is 11.7. The van der Waals surface area contributed by atoms with Gasteiger partial charge in [0.05, 0.1) is 10.2 Å². The summed E-state index contributed by atoms with van der Waals surface area (Å²) < 4.78 is 13.6. The maximum Gasteiger partial charge on any atom is 0.227 e. The number of hydrogen-bond acceptors (Lipinski definition) is 8. The van der Waals surface area contributed by atoms with E-state index >= 15 is 0 Å². The highest BCUT2D eigenvalue weighted by atomic mass is 32.1. The molecule has 0 spiro atoms. The van der Waals surface area contributed by atoms with Gasteiger partial charge in [0.1, 0.15) is 21.7 Å². The SMILES string of the molecule is c1ccc(-c2nc(-c3ccc(-c4nc5ccccc5s4)cc3)nc(-c3cccc4oc5ccc(-c6nc7ccccc7o6)cc5c34)n2)cc1. The number of hydrogen-bond donors (Lipinski definition) is 0. The Morgan fingerprint density at radius 1 is 0.429 bits per heavy atom. The summed E-state index contributed by atoms with van der Waals surface area (Å²) >= 11 is 1.68. The van der Waals surface area contributed by atoms with Crippen LogP contribution in [0, 0.1) is 0 Å². The highest BCUT2D eigenvalue weighted by Gasteiger charge is 2.19. The first-order chi connectivity index (χ1) is 24.2. The van der Waals surface area contributed by atoms with Crippen molar-refractivity contribution in [2.45, 2.75) is 0 Å². The minimum Gasteiger partial charge on any atom is -0.456 e. The fourth-order valence-electron chi connectivity index (χ4n) is 6.24. The molecule has 7 nitrogen and oxygen atoms in total. The van der Waals surface area contributed by atoms with Crippen LogP contribution in [-0.4, -0.2) is 24.9 Å². The smallest absolute Gasteiger partial charge is 0.227 e. The third-order valence-corrected chi connectivity index (χ3v) is 9.71. The lowest BCUT2D eigenvalue weighted by molar-refractivity contribution is 0.620. The summed E-state index contributed by atoms with van der Waals surface area (Å²) in [6.07, 6.45) is 0. The van der Waals surface area contributed by atoms with Crippen molar-refractivity contribution in [2.75, 3.05) is 0 Å². The molecule has 6 aromatic carbocycles. The number of nitrogens with zero attached hydrogens (tertiary/aromatic N) is 5. The summed E-state index contributed by atoms with van der Waals surface area (Å²) in [5.41, 5.74) is 8.60. The van der Waals surface area contributed by atoms with Gasteiger partial charge in [-0.25, -0.2) is 24.9 Å². The van der Waals surface area contributed by atoms with Crippen LogP contribution in [0.4, 0.5) is 0 Å².